The number of aliphatic carboxylic acids is 2. The Balaban J connectivity index is 4.38. The van der Waals surface area contributed by atoms with Crippen molar-refractivity contribution in [2.24, 2.45) is 0 Å². The fourth-order valence-electron chi connectivity index (χ4n) is 0.909. The second-order valence-corrected chi connectivity index (χ2v) is 3.60. The van der Waals surface area contributed by atoms with Crippen molar-refractivity contribution < 1.29 is 53.6 Å². The van der Waals surface area contributed by atoms with E-state index in [1.165, 1.54) is 0 Å². The maximum absolute atomic E-state index is 11.2. The molecule has 23 heavy (non-hydrogen) atoms. The van der Waals surface area contributed by atoms with E-state index in [4.69, 9.17) is 10.2 Å². The minimum atomic E-state index is -2.15. The van der Waals surface area contributed by atoms with Gasteiger partial charge in [0.2, 0.25) is 0 Å². The SMILES string of the molecule is O=C(O)/C=C\C(=O)OC(=O)CC(O)C(=O)OC(=O)/C=C\C(=O)O. The number of carboxylic acids is 2. The van der Waals surface area contributed by atoms with Crippen LogP contribution in [0, 0.1) is 0 Å². The summed E-state index contributed by atoms with van der Waals surface area (Å²) in [5.74, 6) is -8.65. The molecule has 0 bridgehead atoms. The van der Waals surface area contributed by atoms with Crippen molar-refractivity contribution in [3.8, 4) is 0 Å². The van der Waals surface area contributed by atoms with Gasteiger partial charge in [-0.3, -0.25) is 4.79 Å². The smallest absolute Gasteiger partial charge is 0.343 e. The number of carbonyl (C=O) groups is 6. The van der Waals surface area contributed by atoms with Crippen LogP contribution in [0.3, 0.4) is 0 Å². The molecule has 0 aliphatic carbocycles. The fourth-order valence-corrected chi connectivity index (χ4v) is 0.909. The molecule has 11 heteroatoms. The minimum absolute atomic E-state index is 0.379. The molecule has 0 aromatic carbocycles. The average molecular weight is 330 g/mol. The van der Waals surface area contributed by atoms with Gasteiger partial charge in [0.15, 0.2) is 6.10 Å². The minimum Gasteiger partial charge on any atom is -0.478 e. The van der Waals surface area contributed by atoms with Gasteiger partial charge in [-0.25, -0.2) is 24.0 Å². The third kappa shape index (κ3) is 10.1. The van der Waals surface area contributed by atoms with Gasteiger partial charge in [0.25, 0.3) is 0 Å². The van der Waals surface area contributed by atoms with Gasteiger partial charge in [-0.1, -0.05) is 0 Å². The number of aliphatic hydroxyl groups excluding tert-OH is 1. The standard InChI is InChI=1S/C12H10O11/c13-6(12(21)23-10(19)4-2-8(16)17)5-11(20)22-9(18)3-1-7(14)15/h1-4,6,13H,5H2,(H,14,15)(H,16,17)/b3-1-,4-2-. The Labute approximate surface area is 127 Å². The van der Waals surface area contributed by atoms with Crippen molar-refractivity contribution in [3.63, 3.8) is 0 Å². The van der Waals surface area contributed by atoms with Crippen LogP contribution in [-0.4, -0.2) is 57.2 Å². The highest BCUT2D eigenvalue weighted by Gasteiger charge is 2.24. The quantitative estimate of drug-likeness (QED) is 0.271. The molecule has 0 fully saturated rings. The van der Waals surface area contributed by atoms with Crippen molar-refractivity contribution in [2.75, 3.05) is 0 Å². The highest BCUT2D eigenvalue weighted by molar-refractivity contribution is 5.99. The molecule has 0 saturated carbocycles. The molecule has 0 saturated heterocycles. The molecule has 0 spiro atoms. The van der Waals surface area contributed by atoms with Crippen LogP contribution in [-0.2, 0) is 38.2 Å². The Morgan fingerprint density at radius 1 is 0.783 bits per heavy atom. The zero-order valence-electron chi connectivity index (χ0n) is 11.2. The van der Waals surface area contributed by atoms with E-state index in [2.05, 4.69) is 9.47 Å². The molecule has 0 amide bonds. The van der Waals surface area contributed by atoms with E-state index >= 15 is 0 Å². The predicted molar refractivity (Wildman–Crippen MR) is 66.4 cm³/mol. The van der Waals surface area contributed by atoms with Crippen molar-refractivity contribution in [2.45, 2.75) is 12.5 Å². The average Bonchev–Trinajstić information content (AvgIpc) is 2.42. The molecule has 0 rings (SSSR count). The van der Waals surface area contributed by atoms with Gasteiger partial charge in [0, 0.05) is 24.3 Å². The largest absolute Gasteiger partial charge is 0.478 e. The number of carboxylic acid groups (broad SMARTS) is 2. The summed E-state index contributed by atoms with van der Waals surface area (Å²) in [6, 6.07) is 0. The molecule has 0 heterocycles. The van der Waals surface area contributed by atoms with Crippen LogP contribution >= 0.6 is 0 Å². The van der Waals surface area contributed by atoms with Crippen molar-refractivity contribution in [3.05, 3.63) is 24.3 Å². The first kappa shape index (κ1) is 19.7. The molecule has 3 N–H and O–H groups in total. The van der Waals surface area contributed by atoms with Gasteiger partial charge in [0.1, 0.15) is 0 Å². The van der Waals surface area contributed by atoms with Crippen LogP contribution < -0.4 is 0 Å². The highest BCUT2D eigenvalue weighted by atomic mass is 16.6. The number of aliphatic hydroxyl groups is 1. The number of esters is 4. The topological polar surface area (TPSA) is 182 Å². The van der Waals surface area contributed by atoms with E-state index in [1.54, 1.807) is 0 Å². The van der Waals surface area contributed by atoms with Crippen molar-refractivity contribution >= 4 is 35.8 Å². The lowest BCUT2D eigenvalue weighted by Crippen LogP contribution is -2.29. The van der Waals surface area contributed by atoms with Crippen molar-refractivity contribution in [1.82, 2.24) is 0 Å². The third-order valence-corrected chi connectivity index (χ3v) is 1.77. The monoisotopic (exact) mass is 330 g/mol. The van der Waals surface area contributed by atoms with Crippen LogP contribution in [0.1, 0.15) is 6.42 Å². The maximum atomic E-state index is 11.2. The first-order valence-corrected chi connectivity index (χ1v) is 5.62. The highest BCUT2D eigenvalue weighted by Crippen LogP contribution is 2.00. The van der Waals surface area contributed by atoms with E-state index in [9.17, 15) is 33.9 Å². The van der Waals surface area contributed by atoms with E-state index in [-0.39, 0.29) is 0 Å². The number of rotatable bonds is 7. The van der Waals surface area contributed by atoms with Crippen LogP contribution in [0.4, 0.5) is 0 Å². The zero-order chi connectivity index (χ0) is 18.0. The summed E-state index contributed by atoms with van der Waals surface area (Å²) < 4.78 is 8.02. The molecule has 11 nitrogen and oxygen atoms in total. The number of hydrogen-bond donors (Lipinski definition) is 3. The van der Waals surface area contributed by atoms with E-state index < -0.39 is 48.3 Å². The zero-order valence-corrected chi connectivity index (χ0v) is 11.2. The van der Waals surface area contributed by atoms with Gasteiger partial charge >= 0.3 is 35.8 Å². The lowest BCUT2D eigenvalue weighted by Gasteiger charge is -2.07. The summed E-state index contributed by atoms with van der Waals surface area (Å²) in [5, 5.41) is 25.7. The third-order valence-electron chi connectivity index (χ3n) is 1.77. The second-order valence-electron chi connectivity index (χ2n) is 3.60. The number of carbonyl (C=O) groups excluding carboxylic acids is 4. The second kappa shape index (κ2) is 9.57. The molecule has 124 valence electrons. The summed E-state index contributed by atoms with van der Waals surface area (Å²) in [6.07, 6.45) is -1.61. The van der Waals surface area contributed by atoms with E-state index in [0.717, 1.165) is 0 Å². The van der Waals surface area contributed by atoms with Crippen LogP contribution in [0.2, 0.25) is 0 Å². The Morgan fingerprint density at radius 2 is 1.22 bits per heavy atom. The molecule has 0 aliphatic rings. The van der Waals surface area contributed by atoms with E-state index in [1.807, 2.05) is 0 Å². The molecular weight excluding hydrogens is 320 g/mol. The van der Waals surface area contributed by atoms with Crippen LogP contribution in [0.15, 0.2) is 24.3 Å². The molecule has 0 radical (unpaired) electrons. The van der Waals surface area contributed by atoms with E-state index in [0.29, 0.717) is 24.3 Å². The Kier molecular flexibility index (Phi) is 8.18. The molecule has 1 unspecified atom stereocenters. The fraction of sp³-hybridized carbons (Fsp3) is 0.167. The summed E-state index contributed by atoms with van der Waals surface area (Å²) in [5.41, 5.74) is 0. The first-order chi connectivity index (χ1) is 10.6. The lowest BCUT2D eigenvalue weighted by molar-refractivity contribution is -0.168. The summed E-state index contributed by atoms with van der Waals surface area (Å²) in [4.78, 5) is 64.4. The normalized spacial score (nSPS) is 11.9. The van der Waals surface area contributed by atoms with Gasteiger partial charge in [-0.2, -0.15) is 0 Å². The van der Waals surface area contributed by atoms with Gasteiger partial charge in [-0.05, 0) is 0 Å². The number of hydrogen-bond acceptors (Lipinski definition) is 9. The van der Waals surface area contributed by atoms with Crippen molar-refractivity contribution in [1.29, 1.82) is 0 Å². The van der Waals surface area contributed by atoms with Gasteiger partial charge < -0.3 is 24.8 Å². The van der Waals surface area contributed by atoms with Crippen LogP contribution in [0.25, 0.3) is 0 Å². The summed E-state index contributed by atoms with van der Waals surface area (Å²) in [7, 11) is 0. The van der Waals surface area contributed by atoms with Crippen LogP contribution in [0.5, 0.6) is 0 Å². The molecule has 0 aliphatic heterocycles. The predicted octanol–water partition coefficient (Wildman–Crippen LogP) is -1.84. The molecular formula is C12H10O11. The molecule has 1 atom stereocenters. The number of ether oxygens (including phenoxy) is 2. The summed E-state index contributed by atoms with van der Waals surface area (Å²) in [6.45, 7) is 0. The Hall–Kier alpha value is -3.34. The molecule has 0 aromatic heterocycles. The maximum Gasteiger partial charge on any atom is 0.343 e. The lowest BCUT2D eigenvalue weighted by atomic mass is 10.2. The Morgan fingerprint density at radius 3 is 1.65 bits per heavy atom. The summed E-state index contributed by atoms with van der Waals surface area (Å²) >= 11 is 0. The van der Waals surface area contributed by atoms with Gasteiger partial charge in [0.05, 0.1) is 6.42 Å². The first-order valence-electron chi connectivity index (χ1n) is 5.62. The van der Waals surface area contributed by atoms with Gasteiger partial charge in [-0.15, -0.1) is 0 Å². The Bertz CT molecular complexity index is 584. The molecule has 0 aromatic rings.